The first-order valence-corrected chi connectivity index (χ1v) is 3.48. The Morgan fingerprint density at radius 3 is 2.67 bits per heavy atom. The molecule has 0 atom stereocenters. The van der Waals surface area contributed by atoms with Crippen molar-refractivity contribution >= 4 is 11.6 Å². The van der Waals surface area contributed by atoms with Gasteiger partial charge in [-0.3, -0.25) is 9.59 Å². The highest BCUT2D eigenvalue weighted by Crippen LogP contribution is 1.97. The SMILES string of the molecule is CC(=O)CC(=O)c1cnn(C)n1. The van der Waals surface area contributed by atoms with E-state index in [0.29, 0.717) is 0 Å². The average Bonchev–Trinajstić information content (AvgIpc) is 2.34. The summed E-state index contributed by atoms with van der Waals surface area (Å²) in [7, 11) is 1.62. The van der Waals surface area contributed by atoms with E-state index in [-0.39, 0.29) is 23.7 Å². The largest absolute Gasteiger partial charge is 0.300 e. The number of Topliss-reactive ketones (excluding diaryl/α,β-unsaturated/α-hetero) is 2. The third-order valence-electron chi connectivity index (χ3n) is 1.29. The molecule has 0 fully saturated rings. The molecule has 0 aromatic carbocycles. The predicted octanol–water partition coefficient (Wildman–Crippen LogP) is -0.0231. The fourth-order valence-electron chi connectivity index (χ4n) is 0.790. The molecule has 0 amide bonds. The summed E-state index contributed by atoms with van der Waals surface area (Å²) >= 11 is 0. The Balaban J connectivity index is 2.72. The normalized spacial score (nSPS) is 9.83. The van der Waals surface area contributed by atoms with Crippen LogP contribution in [0.15, 0.2) is 6.20 Å². The Morgan fingerprint density at radius 2 is 2.25 bits per heavy atom. The molecular formula is C7H9N3O2. The maximum absolute atomic E-state index is 11.1. The van der Waals surface area contributed by atoms with Crippen LogP contribution in [-0.2, 0) is 11.8 Å². The van der Waals surface area contributed by atoms with Crippen LogP contribution in [0.5, 0.6) is 0 Å². The van der Waals surface area contributed by atoms with E-state index in [1.165, 1.54) is 17.9 Å². The minimum Gasteiger partial charge on any atom is -0.300 e. The smallest absolute Gasteiger partial charge is 0.192 e. The summed E-state index contributed by atoms with van der Waals surface area (Å²) < 4.78 is 0. The standard InChI is InChI=1S/C7H9N3O2/c1-5(11)3-7(12)6-4-8-10(2)9-6/h4H,3H2,1-2H3. The van der Waals surface area contributed by atoms with Gasteiger partial charge < -0.3 is 0 Å². The third kappa shape index (κ3) is 1.98. The van der Waals surface area contributed by atoms with Crippen molar-refractivity contribution in [3.8, 4) is 0 Å². The van der Waals surface area contributed by atoms with Crippen LogP contribution in [0.4, 0.5) is 0 Å². The molecule has 0 N–H and O–H groups in total. The maximum atomic E-state index is 11.1. The van der Waals surface area contributed by atoms with E-state index in [2.05, 4.69) is 10.2 Å². The van der Waals surface area contributed by atoms with E-state index in [4.69, 9.17) is 0 Å². The van der Waals surface area contributed by atoms with Crippen molar-refractivity contribution in [3.05, 3.63) is 11.9 Å². The molecule has 1 heterocycles. The van der Waals surface area contributed by atoms with Gasteiger partial charge in [-0.1, -0.05) is 0 Å². The zero-order chi connectivity index (χ0) is 9.14. The minimum absolute atomic E-state index is 0.0985. The molecule has 0 aliphatic rings. The number of rotatable bonds is 3. The summed E-state index contributed by atoms with van der Waals surface area (Å²) in [5, 5.41) is 7.49. The van der Waals surface area contributed by atoms with E-state index < -0.39 is 0 Å². The molecule has 0 spiro atoms. The van der Waals surface area contributed by atoms with Crippen LogP contribution in [0.2, 0.25) is 0 Å². The van der Waals surface area contributed by atoms with Gasteiger partial charge >= 0.3 is 0 Å². The highest BCUT2D eigenvalue weighted by molar-refractivity contribution is 6.06. The number of carbonyl (C=O) groups excluding carboxylic acids is 2. The molecule has 5 heteroatoms. The highest BCUT2D eigenvalue weighted by Gasteiger charge is 2.11. The summed E-state index contributed by atoms with van der Waals surface area (Å²) in [5.41, 5.74) is 0.243. The minimum atomic E-state index is -0.282. The van der Waals surface area contributed by atoms with E-state index in [0.717, 1.165) is 0 Å². The van der Waals surface area contributed by atoms with Crippen LogP contribution < -0.4 is 0 Å². The van der Waals surface area contributed by atoms with E-state index in [1.807, 2.05) is 0 Å². The van der Waals surface area contributed by atoms with Gasteiger partial charge in [0.25, 0.3) is 0 Å². The molecule has 1 aromatic rings. The summed E-state index contributed by atoms with van der Waals surface area (Å²) in [6.45, 7) is 1.37. The number of ketones is 2. The van der Waals surface area contributed by atoms with Crippen LogP contribution in [0.1, 0.15) is 23.8 Å². The first-order valence-electron chi connectivity index (χ1n) is 3.48. The molecule has 64 valence electrons. The van der Waals surface area contributed by atoms with Gasteiger partial charge in [0.1, 0.15) is 11.5 Å². The molecule has 0 radical (unpaired) electrons. The second-order valence-corrected chi connectivity index (χ2v) is 2.52. The highest BCUT2D eigenvalue weighted by atomic mass is 16.1. The molecule has 0 aliphatic carbocycles. The van der Waals surface area contributed by atoms with Crippen molar-refractivity contribution in [1.29, 1.82) is 0 Å². The monoisotopic (exact) mass is 167 g/mol. The molecule has 1 aromatic heterocycles. The second-order valence-electron chi connectivity index (χ2n) is 2.52. The Labute approximate surface area is 69.4 Å². The van der Waals surface area contributed by atoms with Gasteiger partial charge in [-0.2, -0.15) is 15.0 Å². The lowest BCUT2D eigenvalue weighted by Gasteiger charge is -1.89. The van der Waals surface area contributed by atoms with Crippen LogP contribution in [-0.4, -0.2) is 26.6 Å². The molecule has 12 heavy (non-hydrogen) atoms. The summed E-state index contributed by atoms with van der Waals surface area (Å²) in [4.78, 5) is 23.0. The lowest BCUT2D eigenvalue weighted by molar-refractivity contribution is -0.116. The quantitative estimate of drug-likeness (QED) is 0.468. The molecule has 0 unspecified atom stereocenters. The zero-order valence-electron chi connectivity index (χ0n) is 6.94. The van der Waals surface area contributed by atoms with Gasteiger partial charge in [0.15, 0.2) is 5.78 Å². The Hall–Kier alpha value is -1.52. The van der Waals surface area contributed by atoms with Gasteiger partial charge in [0.05, 0.1) is 12.6 Å². The molecule has 0 aliphatic heterocycles. The fraction of sp³-hybridized carbons (Fsp3) is 0.429. The lowest BCUT2D eigenvalue weighted by atomic mass is 10.2. The fourth-order valence-corrected chi connectivity index (χ4v) is 0.790. The maximum Gasteiger partial charge on any atom is 0.192 e. The first kappa shape index (κ1) is 8.58. The number of carbonyl (C=O) groups is 2. The van der Waals surface area contributed by atoms with Crippen molar-refractivity contribution in [2.45, 2.75) is 13.3 Å². The first-order chi connectivity index (χ1) is 5.59. The van der Waals surface area contributed by atoms with Crippen molar-refractivity contribution in [2.75, 3.05) is 0 Å². The van der Waals surface area contributed by atoms with Crippen LogP contribution in [0.25, 0.3) is 0 Å². The van der Waals surface area contributed by atoms with Crippen molar-refractivity contribution in [2.24, 2.45) is 7.05 Å². The van der Waals surface area contributed by atoms with Gasteiger partial charge in [-0.15, -0.1) is 0 Å². The Kier molecular flexibility index (Phi) is 2.32. The number of hydrogen-bond donors (Lipinski definition) is 0. The van der Waals surface area contributed by atoms with Crippen LogP contribution in [0, 0.1) is 0 Å². The molecule has 0 bridgehead atoms. The number of hydrogen-bond acceptors (Lipinski definition) is 4. The topological polar surface area (TPSA) is 64.8 Å². The summed E-state index contributed by atoms with van der Waals surface area (Å²) in [5.74, 6) is -0.443. The van der Waals surface area contributed by atoms with Crippen molar-refractivity contribution < 1.29 is 9.59 Å². The summed E-state index contributed by atoms with van der Waals surface area (Å²) in [6.07, 6.45) is 1.25. The lowest BCUT2D eigenvalue weighted by Crippen LogP contribution is -2.06. The van der Waals surface area contributed by atoms with Crippen molar-refractivity contribution in [3.63, 3.8) is 0 Å². The number of aromatic nitrogens is 3. The van der Waals surface area contributed by atoms with Gasteiger partial charge in [-0.05, 0) is 6.92 Å². The van der Waals surface area contributed by atoms with Gasteiger partial charge in [0.2, 0.25) is 0 Å². The molecular weight excluding hydrogens is 158 g/mol. The van der Waals surface area contributed by atoms with Crippen LogP contribution in [0.3, 0.4) is 0 Å². The Bertz CT molecular complexity index is 316. The predicted molar refractivity (Wildman–Crippen MR) is 40.6 cm³/mol. The molecule has 1 rings (SSSR count). The zero-order valence-corrected chi connectivity index (χ0v) is 6.94. The second kappa shape index (κ2) is 3.25. The van der Waals surface area contributed by atoms with E-state index in [1.54, 1.807) is 7.05 Å². The van der Waals surface area contributed by atoms with Gasteiger partial charge in [-0.25, -0.2) is 0 Å². The average molecular weight is 167 g/mol. The van der Waals surface area contributed by atoms with E-state index >= 15 is 0 Å². The molecule has 5 nitrogen and oxygen atoms in total. The molecule has 0 saturated carbocycles. The van der Waals surface area contributed by atoms with Crippen molar-refractivity contribution in [1.82, 2.24) is 15.0 Å². The van der Waals surface area contributed by atoms with E-state index in [9.17, 15) is 9.59 Å². The third-order valence-corrected chi connectivity index (χ3v) is 1.29. The number of nitrogens with zero attached hydrogens (tertiary/aromatic N) is 3. The van der Waals surface area contributed by atoms with Gasteiger partial charge in [0, 0.05) is 7.05 Å². The molecule has 0 saturated heterocycles. The Morgan fingerprint density at radius 1 is 1.58 bits per heavy atom. The summed E-state index contributed by atoms with van der Waals surface area (Å²) in [6, 6.07) is 0. The van der Waals surface area contributed by atoms with Crippen LogP contribution >= 0.6 is 0 Å². The number of aryl methyl sites for hydroxylation is 1.